The Morgan fingerprint density at radius 2 is 2.04 bits per heavy atom. The maximum atomic E-state index is 12.7. The van der Waals surface area contributed by atoms with Crippen LogP contribution in [0.4, 0.5) is 4.79 Å². The molecule has 5 nitrogen and oxygen atoms in total. The summed E-state index contributed by atoms with van der Waals surface area (Å²) < 4.78 is 5.53. The van der Waals surface area contributed by atoms with Gasteiger partial charge in [0.25, 0.3) is 0 Å². The maximum absolute atomic E-state index is 12.7. The molecule has 1 amide bonds. The molecule has 1 aliphatic heterocycles. The Kier molecular flexibility index (Phi) is 5.67. The van der Waals surface area contributed by atoms with Crippen LogP contribution in [-0.4, -0.2) is 45.6 Å². The molecule has 1 aromatic rings. The molecular formula is C19H27NO4. The zero-order valence-corrected chi connectivity index (χ0v) is 14.6. The summed E-state index contributed by atoms with van der Waals surface area (Å²) in [5, 5.41) is 20.3. The summed E-state index contributed by atoms with van der Waals surface area (Å²) in [4.78, 5) is 14.3. The molecule has 0 spiro atoms. The second-order valence-corrected chi connectivity index (χ2v) is 7.17. The summed E-state index contributed by atoms with van der Waals surface area (Å²) in [5.41, 5.74) is -0.998. The van der Waals surface area contributed by atoms with E-state index in [1.54, 1.807) is 11.0 Å². The van der Waals surface area contributed by atoms with E-state index in [4.69, 9.17) is 9.84 Å². The third kappa shape index (κ3) is 4.36. The molecule has 2 unspecified atom stereocenters. The second-order valence-electron chi connectivity index (χ2n) is 7.17. The SMILES string of the molecule is CC(C)(C)OC(=O)N1CCCC(O)(C=CCO)C1c1ccccc1. The lowest BCUT2D eigenvalue weighted by Crippen LogP contribution is -2.53. The zero-order chi connectivity index (χ0) is 17.8. The van der Waals surface area contributed by atoms with Crippen LogP contribution in [0.15, 0.2) is 42.5 Å². The van der Waals surface area contributed by atoms with Gasteiger partial charge < -0.3 is 14.9 Å². The Balaban J connectivity index is 2.41. The lowest BCUT2D eigenvalue weighted by atomic mass is 9.80. The Labute approximate surface area is 143 Å². The largest absolute Gasteiger partial charge is 0.444 e. The van der Waals surface area contributed by atoms with E-state index in [0.717, 1.165) is 5.56 Å². The van der Waals surface area contributed by atoms with Crippen molar-refractivity contribution in [2.45, 2.75) is 50.9 Å². The average molecular weight is 333 g/mol. The number of nitrogens with zero attached hydrogens (tertiary/aromatic N) is 1. The number of aliphatic hydroxyl groups is 2. The Morgan fingerprint density at radius 1 is 1.38 bits per heavy atom. The van der Waals surface area contributed by atoms with Crippen LogP contribution in [0.2, 0.25) is 0 Å². The Hall–Kier alpha value is -1.85. The topological polar surface area (TPSA) is 70.0 Å². The number of hydrogen-bond acceptors (Lipinski definition) is 4. The highest BCUT2D eigenvalue weighted by molar-refractivity contribution is 5.69. The first-order valence-electron chi connectivity index (χ1n) is 8.32. The fraction of sp³-hybridized carbons (Fsp3) is 0.526. The van der Waals surface area contributed by atoms with Crippen molar-refractivity contribution >= 4 is 6.09 Å². The van der Waals surface area contributed by atoms with E-state index in [1.807, 2.05) is 51.1 Å². The van der Waals surface area contributed by atoms with Gasteiger partial charge in [-0.1, -0.05) is 42.5 Å². The molecule has 0 radical (unpaired) electrons. The third-order valence-electron chi connectivity index (χ3n) is 4.02. The van der Waals surface area contributed by atoms with Crippen molar-refractivity contribution in [2.75, 3.05) is 13.2 Å². The molecule has 1 aliphatic rings. The first-order valence-corrected chi connectivity index (χ1v) is 8.32. The minimum absolute atomic E-state index is 0.156. The number of aliphatic hydroxyl groups excluding tert-OH is 1. The Morgan fingerprint density at radius 3 is 2.62 bits per heavy atom. The third-order valence-corrected chi connectivity index (χ3v) is 4.02. The van der Waals surface area contributed by atoms with Gasteiger partial charge in [0.2, 0.25) is 0 Å². The molecule has 1 saturated heterocycles. The van der Waals surface area contributed by atoms with Crippen LogP contribution >= 0.6 is 0 Å². The molecule has 1 fully saturated rings. The Bertz CT molecular complexity index is 579. The van der Waals surface area contributed by atoms with Crippen LogP contribution in [0.1, 0.15) is 45.2 Å². The molecule has 1 aromatic carbocycles. The number of benzene rings is 1. The van der Waals surface area contributed by atoms with Crippen molar-refractivity contribution in [3.05, 3.63) is 48.0 Å². The first kappa shape index (κ1) is 18.5. The quantitative estimate of drug-likeness (QED) is 0.834. The van der Waals surface area contributed by atoms with Crippen LogP contribution in [-0.2, 0) is 4.74 Å². The number of hydrogen-bond donors (Lipinski definition) is 2. The first-order chi connectivity index (χ1) is 11.3. The van der Waals surface area contributed by atoms with E-state index in [2.05, 4.69) is 0 Å². The minimum atomic E-state index is -1.24. The number of rotatable bonds is 3. The van der Waals surface area contributed by atoms with Gasteiger partial charge in [0.05, 0.1) is 12.6 Å². The van der Waals surface area contributed by atoms with E-state index < -0.39 is 23.3 Å². The van der Waals surface area contributed by atoms with Gasteiger partial charge >= 0.3 is 6.09 Å². The van der Waals surface area contributed by atoms with Gasteiger partial charge in [-0.3, -0.25) is 4.90 Å². The van der Waals surface area contributed by atoms with Crippen LogP contribution in [0.5, 0.6) is 0 Å². The summed E-state index contributed by atoms with van der Waals surface area (Å²) in [6, 6.07) is 8.90. The van der Waals surface area contributed by atoms with E-state index in [-0.39, 0.29) is 6.61 Å². The van der Waals surface area contributed by atoms with E-state index in [9.17, 15) is 9.90 Å². The normalized spacial score (nSPS) is 25.0. The summed E-state index contributed by atoms with van der Waals surface area (Å²) in [5.74, 6) is 0. The molecule has 0 aliphatic carbocycles. The summed E-state index contributed by atoms with van der Waals surface area (Å²) in [7, 11) is 0. The highest BCUT2D eigenvalue weighted by Crippen LogP contribution is 2.41. The molecule has 24 heavy (non-hydrogen) atoms. The van der Waals surface area contributed by atoms with E-state index >= 15 is 0 Å². The summed E-state index contributed by atoms with van der Waals surface area (Å²) in [6.07, 6.45) is 3.86. The van der Waals surface area contributed by atoms with Crippen LogP contribution in [0.25, 0.3) is 0 Å². The molecule has 0 aromatic heterocycles. The molecule has 2 atom stereocenters. The van der Waals surface area contributed by atoms with Crippen molar-refractivity contribution in [1.82, 2.24) is 4.90 Å². The van der Waals surface area contributed by atoms with Crippen molar-refractivity contribution < 1.29 is 19.7 Å². The summed E-state index contributed by atoms with van der Waals surface area (Å²) >= 11 is 0. The molecule has 0 saturated carbocycles. The summed E-state index contributed by atoms with van der Waals surface area (Å²) in [6.45, 7) is 5.83. The maximum Gasteiger partial charge on any atom is 0.410 e. The number of carbonyl (C=O) groups excluding carboxylic acids is 1. The fourth-order valence-corrected chi connectivity index (χ4v) is 3.12. The van der Waals surface area contributed by atoms with Gasteiger partial charge in [0.1, 0.15) is 11.2 Å². The van der Waals surface area contributed by atoms with Crippen molar-refractivity contribution in [2.24, 2.45) is 0 Å². The van der Waals surface area contributed by atoms with Crippen LogP contribution in [0, 0.1) is 0 Å². The van der Waals surface area contributed by atoms with Gasteiger partial charge in [-0.25, -0.2) is 4.79 Å². The molecule has 2 N–H and O–H groups in total. The van der Waals surface area contributed by atoms with Gasteiger partial charge in [-0.2, -0.15) is 0 Å². The van der Waals surface area contributed by atoms with Gasteiger partial charge in [-0.15, -0.1) is 0 Å². The van der Waals surface area contributed by atoms with Crippen molar-refractivity contribution in [1.29, 1.82) is 0 Å². The van der Waals surface area contributed by atoms with Gasteiger partial charge in [0.15, 0.2) is 0 Å². The molecule has 132 valence electrons. The monoisotopic (exact) mass is 333 g/mol. The predicted octanol–water partition coefficient (Wildman–Crippen LogP) is 3.04. The number of likely N-dealkylation sites (tertiary alicyclic amines) is 1. The molecular weight excluding hydrogens is 306 g/mol. The second kappa shape index (κ2) is 7.36. The fourth-order valence-electron chi connectivity index (χ4n) is 3.12. The smallest absolute Gasteiger partial charge is 0.410 e. The van der Waals surface area contributed by atoms with E-state index in [0.29, 0.717) is 19.4 Å². The number of carbonyl (C=O) groups is 1. The molecule has 0 bridgehead atoms. The number of amides is 1. The highest BCUT2D eigenvalue weighted by Gasteiger charge is 2.45. The minimum Gasteiger partial charge on any atom is -0.444 e. The highest BCUT2D eigenvalue weighted by atomic mass is 16.6. The van der Waals surface area contributed by atoms with Gasteiger partial charge in [0, 0.05) is 6.54 Å². The lowest BCUT2D eigenvalue weighted by molar-refractivity contribution is -0.0586. The molecule has 2 rings (SSSR count). The van der Waals surface area contributed by atoms with Crippen molar-refractivity contribution in [3.8, 4) is 0 Å². The van der Waals surface area contributed by atoms with Gasteiger partial charge in [-0.05, 0) is 39.2 Å². The number of ether oxygens (including phenoxy) is 1. The standard InChI is InChI=1S/C19H27NO4/c1-18(2,3)24-17(22)20-13-7-11-19(23,12-8-14-21)16(20)15-9-5-4-6-10-15/h4-6,8-10,12,16,21,23H,7,11,13-14H2,1-3H3. The molecule has 1 heterocycles. The van der Waals surface area contributed by atoms with Crippen molar-refractivity contribution in [3.63, 3.8) is 0 Å². The number of piperidine rings is 1. The molecule has 5 heteroatoms. The van der Waals surface area contributed by atoms with Crippen LogP contribution in [0.3, 0.4) is 0 Å². The van der Waals surface area contributed by atoms with Crippen LogP contribution < -0.4 is 0 Å². The predicted molar refractivity (Wildman–Crippen MR) is 92.5 cm³/mol. The lowest BCUT2D eigenvalue weighted by Gasteiger charge is -2.46. The zero-order valence-electron chi connectivity index (χ0n) is 14.6. The average Bonchev–Trinajstić information content (AvgIpc) is 2.52. The van der Waals surface area contributed by atoms with E-state index in [1.165, 1.54) is 6.08 Å².